The highest BCUT2D eigenvalue weighted by molar-refractivity contribution is 5.88. The first kappa shape index (κ1) is 21.8. The number of benzene rings is 2. The largest absolute Gasteiger partial charge is 0.480 e. The molecule has 4 N–H and O–H groups in total. The van der Waals surface area contributed by atoms with Crippen molar-refractivity contribution >= 4 is 28.9 Å². The van der Waals surface area contributed by atoms with Crippen molar-refractivity contribution in [1.82, 2.24) is 15.8 Å². The maximum atomic E-state index is 12.3. The zero-order valence-electron chi connectivity index (χ0n) is 16.8. The number of ether oxygens (including phenoxy) is 1. The highest BCUT2D eigenvalue weighted by atomic mass is 16.7. The summed E-state index contributed by atoms with van der Waals surface area (Å²) >= 11 is 0. The van der Waals surface area contributed by atoms with E-state index in [0.29, 0.717) is 0 Å². The quantitative estimate of drug-likeness (QED) is 0.390. The Hall–Kier alpha value is -3.85. The molecule has 0 unspecified atom stereocenters. The van der Waals surface area contributed by atoms with Crippen LogP contribution in [0.5, 0.6) is 0 Å². The molecule has 0 bridgehead atoms. The van der Waals surface area contributed by atoms with Crippen LogP contribution >= 0.6 is 0 Å². The maximum Gasteiger partial charge on any atom is 0.431 e. The molecule has 9 nitrogen and oxygen atoms in total. The van der Waals surface area contributed by atoms with E-state index < -0.39 is 30.1 Å². The van der Waals surface area contributed by atoms with Crippen molar-refractivity contribution in [3.05, 3.63) is 71.9 Å². The van der Waals surface area contributed by atoms with Gasteiger partial charge in [-0.1, -0.05) is 48.5 Å². The van der Waals surface area contributed by atoms with Crippen LogP contribution in [0.1, 0.15) is 18.1 Å². The number of aliphatic carboxylic acids is 1. The van der Waals surface area contributed by atoms with Crippen molar-refractivity contribution in [2.75, 3.05) is 0 Å². The third-order valence-electron chi connectivity index (χ3n) is 4.61. The van der Waals surface area contributed by atoms with E-state index in [4.69, 9.17) is 9.57 Å². The Bertz CT molecular complexity index is 1050. The summed E-state index contributed by atoms with van der Waals surface area (Å²) in [6.45, 7) is 1.43. The summed E-state index contributed by atoms with van der Waals surface area (Å²) in [4.78, 5) is 43.8. The molecule has 0 radical (unpaired) electrons. The van der Waals surface area contributed by atoms with Crippen LogP contribution in [0.2, 0.25) is 0 Å². The summed E-state index contributed by atoms with van der Waals surface area (Å²) in [6.07, 6.45) is -0.187. The normalized spacial score (nSPS) is 12.7. The number of H-pyrrole nitrogens is 1. The van der Waals surface area contributed by atoms with E-state index in [2.05, 4.69) is 10.3 Å². The molecular weight excluding hydrogens is 402 g/mol. The average molecular weight is 425 g/mol. The number of fused-ring (bicyclic) bond motifs is 1. The Morgan fingerprint density at radius 2 is 1.77 bits per heavy atom. The Morgan fingerprint density at radius 1 is 1.06 bits per heavy atom. The molecule has 2 aromatic carbocycles. The molecular formula is C22H23N3O6. The molecule has 31 heavy (non-hydrogen) atoms. The maximum absolute atomic E-state index is 12.3. The molecule has 0 fully saturated rings. The first-order valence-electron chi connectivity index (χ1n) is 9.64. The van der Waals surface area contributed by atoms with E-state index in [1.54, 1.807) is 18.3 Å². The van der Waals surface area contributed by atoms with Crippen molar-refractivity contribution in [3.63, 3.8) is 0 Å². The molecule has 0 saturated heterocycles. The van der Waals surface area contributed by atoms with Crippen LogP contribution in [-0.2, 0) is 32.2 Å². The number of aromatic nitrogens is 1. The number of hydroxylamine groups is 1. The van der Waals surface area contributed by atoms with Gasteiger partial charge in [-0.25, -0.2) is 9.59 Å². The Morgan fingerprint density at radius 3 is 2.52 bits per heavy atom. The SMILES string of the molecule is C[C@H](ONC(=O)OCc1ccccc1)C(=O)N[C@@H](Cc1c[nH]c2ccccc12)C(=O)O. The second kappa shape index (κ2) is 10.3. The number of carboxylic acids is 1. The lowest BCUT2D eigenvalue weighted by Crippen LogP contribution is -2.48. The lowest BCUT2D eigenvalue weighted by Gasteiger charge is -2.18. The van der Waals surface area contributed by atoms with Crippen molar-refractivity contribution in [2.24, 2.45) is 0 Å². The van der Waals surface area contributed by atoms with E-state index in [0.717, 1.165) is 22.0 Å². The highest BCUT2D eigenvalue weighted by Gasteiger charge is 2.25. The Labute approximate surface area is 178 Å². The molecule has 0 aliphatic rings. The van der Waals surface area contributed by atoms with Crippen LogP contribution in [0.3, 0.4) is 0 Å². The summed E-state index contributed by atoms with van der Waals surface area (Å²) < 4.78 is 4.98. The van der Waals surface area contributed by atoms with Gasteiger partial charge in [0.25, 0.3) is 5.91 Å². The third kappa shape index (κ3) is 6.06. The minimum Gasteiger partial charge on any atom is -0.480 e. The molecule has 1 heterocycles. The zero-order chi connectivity index (χ0) is 22.2. The molecule has 3 rings (SSSR count). The Kier molecular flexibility index (Phi) is 7.23. The van der Waals surface area contributed by atoms with E-state index in [1.165, 1.54) is 6.92 Å². The van der Waals surface area contributed by atoms with Crippen molar-refractivity contribution < 1.29 is 29.1 Å². The van der Waals surface area contributed by atoms with E-state index in [1.807, 2.05) is 47.9 Å². The molecule has 0 aliphatic carbocycles. The number of carboxylic acid groups (broad SMARTS) is 1. The van der Waals surface area contributed by atoms with Gasteiger partial charge in [-0.3, -0.25) is 9.63 Å². The number of para-hydroxylation sites is 1. The van der Waals surface area contributed by atoms with Gasteiger partial charge >= 0.3 is 12.1 Å². The first-order chi connectivity index (χ1) is 14.9. The summed E-state index contributed by atoms with van der Waals surface area (Å²) in [5, 5.41) is 12.8. The van der Waals surface area contributed by atoms with Crippen LogP contribution in [-0.4, -0.2) is 40.2 Å². The van der Waals surface area contributed by atoms with E-state index in [9.17, 15) is 19.5 Å². The van der Waals surface area contributed by atoms with Gasteiger partial charge in [-0.15, -0.1) is 0 Å². The van der Waals surface area contributed by atoms with Crippen molar-refractivity contribution in [1.29, 1.82) is 0 Å². The van der Waals surface area contributed by atoms with E-state index in [-0.39, 0.29) is 13.0 Å². The fourth-order valence-electron chi connectivity index (χ4n) is 2.95. The number of aromatic amines is 1. The second-order valence-corrected chi connectivity index (χ2v) is 6.89. The van der Waals surface area contributed by atoms with Crippen LogP contribution in [0.25, 0.3) is 10.9 Å². The number of hydrogen-bond donors (Lipinski definition) is 4. The minimum atomic E-state index is -1.18. The second-order valence-electron chi connectivity index (χ2n) is 6.89. The summed E-state index contributed by atoms with van der Waals surface area (Å²) in [5.74, 6) is -1.86. The zero-order valence-corrected chi connectivity index (χ0v) is 16.8. The molecule has 0 saturated carbocycles. The van der Waals surface area contributed by atoms with Gasteiger partial charge in [0.2, 0.25) is 0 Å². The molecule has 0 spiro atoms. The van der Waals surface area contributed by atoms with Gasteiger partial charge in [-0.2, -0.15) is 5.48 Å². The molecule has 1 aromatic heterocycles. The van der Waals surface area contributed by atoms with Gasteiger partial charge in [0.05, 0.1) is 0 Å². The van der Waals surface area contributed by atoms with Gasteiger partial charge < -0.3 is 20.1 Å². The van der Waals surface area contributed by atoms with Gasteiger partial charge in [-0.05, 0) is 24.1 Å². The van der Waals surface area contributed by atoms with Gasteiger partial charge in [0.15, 0.2) is 6.10 Å². The van der Waals surface area contributed by atoms with Gasteiger partial charge in [0, 0.05) is 23.5 Å². The number of carbonyl (C=O) groups excluding carboxylic acids is 2. The smallest absolute Gasteiger partial charge is 0.431 e. The summed E-state index contributed by atoms with van der Waals surface area (Å²) in [7, 11) is 0. The monoisotopic (exact) mass is 425 g/mol. The van der Waals surface area contributed by atoms with Crippen LogP contribution < -0.4 is 10.8 Å². The molecule has 3 aromatic rings. The minimum absolute atomic E-state index is 0.0440. The topological polar surface area (TPSA) is 130 Å². The number of carbonyl (C=O) groups is 3. The number of amides is 2. The molecule has 2 atom stereocenters. The predicted octanol–water partition coefficient (Wildman–Crippen LogP) is 2.53. The molecule has 2 amide bonds. The van der Waals surface area contributed by atoms with Crippen molar-refractivity contribution in [2.45, 2.75) is 32.1 Å². The summed E-state index contributed by atoms with van der Waals surface area (Å²) in [5.41, 5.74) is 4.47. The standard InChI is InChI=1S/C22H23N3O6/c1-14(31-25-22(29)30-13-15-7-3-2-4-8-15)20(26)24-19(21(27)28)11-16-12-23-18-10-6-5-9-17(16)18/h2-10,12,14,19,23H,11,13H2,1H3,(H,24,26)(H,25,29)(H,27,28)/t14-,19-/m0/s1. The molecule has 162 valence electrons. The lowest BCUT2D eigenvalue weighted by molar-refractivity contribution is -0.145. The summed E-state index contributed by atoms with van der Waals surface area (Å²) in [6, 6.07) is 15.4. The highest BCUT2D eigenvalue weighted by Crippen LogP contribution is 2.19. The van der Waals surface area contributed by atoms with Crippen LogP contribution in [0.15, 0.2) is 60.8 Å². The van der Waals surface area contributed by atoms with E-state index >= 15 is 0 Å². The number of hydrogen-bond acceptors (Lipinski definition) is 5. The lowest BCUT2D eigenvalue weighted by atomic mass is 10.0. The van der Waals surface area contributed by atoms with Gasteiger partial charge in [0.1, 0.15) is 12.6 Å². The molecule has 0 aliphatic heterocycles. The third-order valence-corrected chi connectivity index (χ3v) is 4.61. The number of rotatable bonds is 9. The van der Waals surface area contributed by atoms with Crippen LogP contribution in [0, 0.1) is 0 Å². The predicted molar refractivity (Wildman–Crippen MR) is 112 cm³/mol. The molecule has 9 heteroatoms. The average Bonchev–Trinajstić information content (AvgIpc) is 3.19. The Balaban J connectivity index is 1.49. The first-order valence-corrected chi connectivity index (χ1v) is 9.64. The number of nitrogens with one attached hydrogen (secondary N) is 3. The fourth-order valence-corrected chi connectivity index (χ4v) is 2.95. The fraction of sp³-hybridized carbons (Fsp3) is 0.227. The van der Waals surface area contributed by atoms with Crippen LogP contribution in [0.4, 0.5) is 4.79 Å². The van der Waals surface area contributed by atoms with Crippen molar-refractivity contribution in [3.8, 4) is 0 Å².